The van der Waals surface area contributed by atoms with Gasteiger partial charge >= 0.3 is 0 Å². The molecule has 2 fully saturated rings. The Hall–Kier alpha value is -1.26. The summed E-state index contributed by atoms with van der Waals surface area (Å²) in [6.45, 7) is 3.95. The van der Waals surface area contributed by atoms with Gasteiger partial charge < -0.3 is 9.47 Å². The number of rotatable bonds is 2. The fourth-order valence-corrected chi connectivity index (χ4v) is 3.05. The Morgan fingerprint density at radius 3 is 3.11 bits per heavy atom. The van der Waals surface area contributed by atoms with Crippen molar-refractivity contribution in [3.05, 3.63) is 29.6 Å². The van der Waals surface area contributed by atoms with Crippen molar-refractivity contribution in [2.45, 2.75) is 31.8 Å². The van der Waals surface area contributed by atoms with Crippen molar-refractivity contribution < 1.29 is 14.3 Å². The van der Waals surface area contributed by atoms with Gasteiger partial charge in [-0.05, 0) is 31.4 Å². The molecule has 2 atom stereocenters. The quantitative estimate of drug-likeness (QED) is 0.765. The zero-order chi connectivity index (χ0) is 13.3. The minimum absolute atomic E-state index is 0.0176. The zero-order valence-corrected chi connectivity index (χ0v) is 11.2. The topological polar surface area (TPSA) is 48.4 Å². The van der Waals surface area contributed by atoms with Crippen molar-refractivity contribution >= 4 is 5.78 Å². The summed E-state index contributed by atoms with van der Waals surface area (Å²) in [5.41, 5.74) is 1.35. The lowest BCUT2D eigenvalue weighted by Gasteiger charge is -2.36. The lowest BCUT2D eigenvalue weighted by molar-refractivity contribution is -0.0921. The van der Waals surface area contributed by atoms with Crippen LogP contribution < -0.4 is 0 Å². The molecule has 0 radical (unpaired) electrons. The number of carbonyl (C=O) groups excluding carboxylic acids is 1. The van der Waals surface area contributed by atoms with E-state index in [-0.39, 0.29) is 17.3 Å². The average molecular weight is 261 g/mol. The fourth-order valence-electron chi connectivity index (χ4n) is 3.05. The van der Waals surface area contributed by atoms with E-state index in [9.17, 15) is 4.79 Å². The van der Waals surface area contributed by atoms with Crippen molar-refractivity contribution in [3.8, 4) is 0 Å². The average Bonchev–Trinajstić information content (AvgIpc) is 2.86. The van der Waals surface area contributed by atoms with Crippen molar-refractivity contribution in [1.82, 2.24) is 4.98 Å². The van der Waals surface area contributed by atoms with Crippen LogP contribution in [0.15, 0.2) is 18.3 Å². The highest BCUT2D eigenvalue weighted by Crippen LogP contribution is 2.37. The van der Waals surface area contributed by atoms with E-state index in [1.807, 2.05) is 19.1 Å². The molecular weight excluding hydrogens is 242 g/mol. The Bertz CT molecular complexity index is 480. The minimum Gasteiger partial charge on any atom is -0.378 e. The predicted octanol–water partition coefficient (Wildman–Crippen LogP) is 2.16. The van der Waals surface area contributed by atoms with Gasteiger partial charge in [-0.3, -0.25) is 9.78 Å². The van der Waals surface area contributed by atoms with E-state index in [0.29, 0.717) is 18.9 Å². The first-order valence-corrected chi connectivity index (χ1v) is 6.88. The van der Waals surface area contributed by atoms with Gasteiger partial charge in [-0.2, -0.15) is 0 Å². The highest BCUT2D eigenvalue weighted by molar-refractivity contribution is 5.97. The molecule has 1 aromatic heterocycles. The number of nitrogens with zero attached hydrogens (tertiary/aromatic N) is 1. The fraction of sp³-hybridized carbons (Fsp3) is 0.600. The van der Waals surface area contributed by atoms with Gasteiger partial charge in [-0.15, -0.1) is 0 Å². The number of ether oxygens (including phenoxy) is 2. The smallest absolute Gasteiger partial charge is 0.184 e. The van der Waals surface area contributed by atoms with E-state index in [4.69, 9.17) is 9.47 Å². The molecule has 3 rings (SSSR count). The van der Waals surface area contributed by atoms with Gasteiger partial charge in [-0.25, -0.2) is 0 Å². The SMILES string of the molecule is Cc1cccnc1C(=O)C1CCOC2(CCOC2)C1. The van der Waals surface area contributed by atoms with E-state index in [1.54, 1.807) is 6.20 Å². The Kier molecular flexibility index (Phi) is 3.37. The van der Waals surface area contributed by atoms with Crippen LogP contribution in [0, 0.1) is 12.8 Å². The van der Waals surface area contributed by atoms with Crippen molar-refractivity contribution in [1.29, 1.82) is 0 Å². The van der Waals surface area contributed by atoms with Gasteiger partial charge in [0.25, 0.3) is 0 Å². The lowest BCUT2D eigenvalue weighted by Crippen LogP contribution is -2.42. The van der Waals surface area contributed by atoms with Gasteiger partial charge in [0.05, 0.1) is 12.2 Å². The summed E-state index contributed by atoms with van der Waals surface area (Å²) in [7, 11) is 0. The molecule has 1 aromatic rings. The van der Waals surface area contributed by atoms with Crippen LogP contribution in [-0.2, 0) is 9.47 Å². The maximum Gasteiger partial charge on any atom is 0.184 e. The lowest BCUT2D eigenvalue weighted by atomic mass is 9.81. The Labute approximate surface area is 113 Å². The molecule has 3 heterocycles. The second-order valence-corrected chi connectivity index (χ2v) is 5.56. The van der Waals surface area contributed by atoms with Crippen LogP contribution in [0.1, 0.15) is 35.3 Å². The van der Waals surface area contributed by atoms with Crippen LogP contribution in [0.3, 0.4) is 0 Å². The summed E-state index contributed by atoms with van der Waals surface area (Å²) in [5, 5.41) is 0. The number of aromatic nitrogens is 1. The first-order chi connectivity index (χ1) is 9.20. The van der Waals surface area contributed by atoms with E-state index < -0.39 is 0 Å². The van der Waals surface area contributed by atoms with Crippen LogP contribution in [0.25, 0.3) is 0 Å². The van der Waals surface area contributed by atoms with Gasteiger partial charge in [0, 0.05) is 31.7 Å². The molecule has 2 unspecified atom stereocenters. The number of ketones is 1. The molecule has 0 saturated carbocycles. The van der Waals surface area contributed by atoms with Crippen LogP contribution >= 0.6 is 0 Å². The monoisotopic (exact) mass is 261 g/mol. The van der Waals surface area contributed by atoms with Crippen LogP contribution in [-0.4, -0.2) is 36.2 Å². The third-order valence-corrected chi connectivity index (χ3v) is 4.17. The summed E-state index contributed by atoms with van der Waals surface area (Å²) >= 11 is 0. The predicted molar refractivity (Wildman–Crippen MR) is 70.1 cm³/mol. The van der Waals surface area contributed by atoms with Crippen LogP contribution in [0.5, 0.6) is 0 Å². The molecule has 2 aliphatic rings. The summed E-state index contributed by atoms with van der Waals surface area (Å²) < 4.78 is 11.3. The van der Waals surface area contributed by atoms with Crippen LogP contribution in [0.4, 0.5) is 0 Å². The molecule has 0 bridgehead atoms. The molecule has 2 aliphatic heterocycles. The molecule has 0 N–H and O–H groups in total. The van der Waals surface area contributed by atoms with Crippen molar-refractivity contribution in [2.75, 3.05) is 19.8 Å². The molecule has 0 aromatic carbocycles. The number of Topliss-reactive ketones (excluding diaryl/α,β-unsaturated/α-hetero) is 1. The van der Waals surface area contributed by atoms with Crippen molar-refractivity contribution in [2.24, 2.45) is 5.92 Å². The number of carbonyl (C=O) groups is 1. The highest BCUT2D eigenvalue weighted by Gasteiger charge is 2.43. The summed E-state index contributed by atoms with van der Waals surface area (Å²) in [4.78, 5) is 16.8. The number of pyridine rings is 1. The van der Waals surface area contributed by atoms with Crippen molar-refractivity contribution in [3.63, 3.8) is 0 Å². The highest BCUT2D eigenvalue weighted by atomic mass is 16.6. The summed E-state index contributed by atoms with van der Waals surface area (Å²) in [6.07, 6.45) is 4.14. The van der Waals surface area contributed by atoms with E-state index in [0.717, 1.165) is 31.4 Å². The first-order valence-electron chi connectivity index (χ1n) is 6.88. The largest absolute Gasteiger partial charge is 0.378 e. The molecule has 4 heteroatoms. The zero-order valence-electron chi connectivity index (χ0n) is 11.2. The summed E-state index contributed by atoms with van der Waals surface area (Å²) in [6, 6.07) is 3.80. The molecular formula is C15H19NO3. The molecule has 2 saturated heterocycles. The Balaban J connectivity index is 1.78. The Morgan fingerprint density at radius 1 is 1.47 bits per heavy atom. The molecule has 1 spiro atoms. The third kappa shape index (κ3) is 2.42. The standard InChI is InChI=1S/C15H19NO3/c1-11-3-2-6-16-13(11)14(17)12-4-7-19-15(9-12)5-8-18-10-15/h2-3,6,12H,4-5,7-10H2,1H3. The molecule has 0 aliphatic carbocycles. The van der Waals surface area contributed by atoms with Gasteiger partial charge in [-0.1, -0.05) is 6.07 Å². The second-order valence-electron chi connectivity index (χ2n) is 5.56. The maximum absolute atomic E-state index is 12.6. The molecule has 19 heavy (non-hydrogen) atoms. The van der Waals surface area contributed by atoms with Gasteiger partial charge in [0.1, 0.15) is 5.69 Å². The molecule has 4 nitrogen and oxygen atoms in total. The van der Waals surface area contributed by atoms with Crippen LogP contribution in [0.2, 0.25) is 0 Å². The third-order valence-electron chi connectivity index (χ3n) is 4.17. The Morgan fingerprint density at radius 2 is 2.37 bits per heavy atom. The van der Waals surface area contributed by atoms with E-state index >= 15 is 0 Å². The van der Waals surface area contributed by atoms with Gasteiger partial charge in [0.2, 0.25) is 0 Å². The van der Waals surface area contributed by atoms with E-state index in [2.05, 4.69) is 4.98 Å². The summed E-state index contributed by atoms with van der Waals surface area (Å²) in [5.74, 6) is 0.178. The number of aryl methyl sites for hydroxylation is 1. The number of hydrogen-bond donors (Lipinski definition) is 0. The maximum atomic E-state index is 12.6. The minimum atomic E-state index is -0.221. The normalized spacial score (nSPS) is 30.7. The molecule has 102 valence electrons. The van der Waals surface area contributed by atoms with E-state index in [1.165, 1.54) is 0 Å². The first kappa shape index (κ1) is 12.8. The van der Waals surface area contributed by atoms with Gasteiger partial charge in [0.15, 0.2) is 5.78 Å². The second kappa shape index (κ2) is 5.02. The number of hydrogen-bond acceptors (Lipinski definition) is 4. The molecule has 0 amide bonds.